The number of hydrogen-bond acceptors (Lipinski definition) is 4. The van der Waals surface area contributed by atoms with Crippen molar-refractivity contribution in [3.8, 4) is 5.75 Å². The van der Waals surface area contributed by atoms with Gasteiger partial charge < -0.3 is 14.0 Å². The van der Waals surface area contributed by atoms with Crippen LogP contribution in [0.1, 0.15) is 26.4 Å². The molecule has 0 N–H and O–H groups in total. The molecule has 1 heterocycles. The Kier molecular flexibility index (Phi) is 6.08. The number of rotatable bonds is 7. The van der Waals surface area contributed by atoms with Crippen LogP contribution in [0.25, 0.3) is 0 Å². The van der Waals surface area contributed by atoms with Gasteiger partial charge in [-0.3, -0.25) is 4.79 Å². The maximum absolute atomic E-state index is 12.4. The minimum Gasteiger partial charge on any atom is -0.488 e. The first-order valence-corrected chi connectivity index (χ1v) is 9.12. The normalized spacial score (nSPS) is 10.4. The molecule has 1 aromatic heterocycles. The number of aryl methyl sites for hydroxylation is 1. The van der Waals surface area contributed by atoms with Crippen LogP contribution in [0.5, 0.6) is 5.75 Å². The maximum atomic E-state index is 12.4. The topological polar surface area (TPSA) is 57.5 Å². The first-order chi connectivity index (χ1) is 13.1. The molecule has 0 amide bonds. The van der Waals surface area contributed by atoms with Crippen LogP contribution < -0.4 is 4.74 Å². The zero-order valence-electron chi connectivity index (χ0n) is 14.7. The Balaban J connectivity index is 1.66. The molecule has 6 heteroatoms. The van der Waals surface area contributed by atoms with E-state index in [1.165, 1.54) is 0 Å². The number of esters is 1. The SMILES string of the molecule is Cn1cccc1C(=O)COC(=O)c1ccccc1OCc1ccccc1Br. The van der Waals surface area contributed by atoms with Crippen LogP contribution in [-0.2, 0) is 18.4 Å². The van der Waals surface area contributed by atoms with Crippen LogP contribution in [0.4, 0.5) is 0 Å². The largest absolute Gasteiger partial charge is 0.488 e. The van der Waals surface area contributed by atoms with Gasteiger partial charge in [0, 0.05) is 23.3 Å². The highest BCUT2D eigenvalue weighted by Gasteiger charge is 2.17. The summed E-state index contributed by atoms with van der Waals surface area (Å²) in [6, 6.07) is 18.0. The molecule has 0 aliphatic heterocycles. The zero-order chi connectivity index (χ0) is 19.2. The number of nitrogens with zero attached hydrogens (tertiary/aromatic N) is 1. The summed E-state index contributed by atoms with van der Waals surface area (Å²) in [5.41, 5.74) is 1.73. The molecule has 0 aliphatic carbocycles. The Hall–Kier alpha value is -2.86. The van der Waals surface area contributed by atoms with Crippen molar-refractivity contribution in [1.29, 1.82) is 0 Å². The lowest BCUT2D eigenvalue weighted by atomic mass is 10.2. The van der Waals surface area contributed by atoms with Crippen LogP contribution in [0.15, 0.2) is 71.3 Å². The third kappa shape index (κ3) is 4.65. The first kappa shape index (κ1) is 18.9. The predicted molar refractivity (Wildman–Crippen MR) is 105 cm³/mol. The van der Waals surface area contributed by atoms with Crippen LogP contribution in [0.3, 0.4) is 0 Å². The van der Waals surface area contributed by atoms with E-state index < -0.39 is 5.97 Å². The molecule has 0 saturated heterocycles. The lowest BCUT2D eigenvalue weighted by Gasteiger charge is -2.12. The molecule has 0 unspecified atom stereocenters. The molecule has 0 fully saturated rings. The van der Waals surface area contributed by atoms with E-state index >= 15 is 0 Å². The van der Waals surface area contributed by atoms with Crippen LogP contribution in [0.2, 0.25) is 0 Å². The molecule has 0 radical (unpaired) electrons. The van der Waals surface area contributed by atoms with E-state index in [0.717, 1.165) is 10.0 Å². The molecule has 5 nitrogen and oxygen atoms in total. The fourth-order valence-electron chi connectivity index (χ4n) is 2.57. The second kappa shape index (κ2) is 8.68. The summed E-state index contributed by atoms with van der Waals surface area (Å²) in [6.45, 7) is -0.0246. The molecule has 138 valence electrons. The van der Waals surface area contributed by atoms with Crippen molar-refractivity contribution in [2.45, 2.75) is 6.61 Å². The molecule has 3 rings (SSSR count). The van der Waals surface area contributed by atoms with Crippen LogP contribution >= 0.6 is 15.9 Å². The van der Waals surface area contributed by atoms with Crippen molar-refractivity contribution >= 4 is 27.7 Å². The lowest BCUT2D eigenvalue weighted by molar-refractivity contribution is 0.0468. The molecule has 3 aromatic rings. The molecular weight excluding hydrogens is 410 g/mol. The monoisotopic (exact) mass is 427 g/mol. The smallest absolute Gasteiger partial charge is 0.342 e. The Morgan fingerprint density at radius 1 is 1.00 bits per heavy atom. The maximum Gasteiger partial charge on any atom is 0.342 e. The Morgan fingerprint density at radius 2 is 1.74 bits per heavy atom. The number of benzene rings is 2. The Morgan fingerprint density at radius 3 is 2.48 bits per heavy atom. The molecular formula is C21H18BrNO4. The second-order valence-corrected chi connectivity index (χ2v) is 6.73. The van der Waals surface area contributed by atoms with Crippen molar-refractivity contribution < 1.29 is 19.1 Å². The summed E-state index contributed by atoms with van der Waals surface area (Å²) >= 11 is 3.47. The lowest BCUT2D eigenvalue weighted by Crippen LogP contribution is -2.17. The van der Waals surface area contributed by atoms with Gasteiger partial charge in [0.25, 0.3) is 0 Å². The Bertz CT molecular complexity index is 964. The highest BCUT2D eigenvalue weighted by molar-refractivity contribution is 9.10. The summed E-state index contributed by atoms with van der Waals surface area (Å²) in [5.74, 6) is -0.452. The molecule has 0 saturated carbocycles. The van der Waals surface area contributed by atoms with Crippen molar-refractivity contribution in [3.05, 3.63) is 88.2 Å². The number of carbonyl (C=O) groups excluding carboxylic acids is 2. The number of para-hydroxylation sites is 1. The molecule has 0 aliphatic rings. The van der Waals surface area contributed by atoms with Gasteiger partial charge in [0.15, 0.2) is 6.61 Å². The number of hydrogen-bond donors (Lipinski definition) is 0. The molecule has 0 bridgehead atoms. The minimum absolute atomic E-state index is 0.262. The molecule has 0 atom stereocenters. The van der Waals surface area contributed by atoms with Gasteiger partial charge in [-0.1, -0.05) is 46.3 Å². The van der Waals surface area contributed by atoms with Crippen LogP contribution in [-0.4, -0.2) is 22.9 Å². The number of carbonyl (C=O) groups is 2. The number of Topliss-reactive ketones (excluding diaryl/α,β-unsaturated/α-hetero) is 1. The van der Waals surface area contributed by atoms with Gasteiger partial charge in [0.2, 0.25) is 5.78 Å². The van der Waals surface area contributed by atoms with Crippen molar-refractivity contribution in [3.63, 3.8) is 0 Å². The fourth-order valence-corrected chi connectivity index (χ4v) is 2.96. The van der Waals surface area contributed by atoms with Gasteiger partial charge in [-0.05, 0) is 30.3 Å². The standard InChI is InChI=1S/C21H18BrNO4/c1-23-12-6-10-18(23)19(24)14-27-21(25)16-8-3-5-11-20(16)26-13-15-7-2-4-9-17(15)22/h2-12H,13-14H2,1H3. The number of aromatic nitrogens is 1. The molecule has 0 spiro atoms. The predicted octanol–water partition coefficient (Wildman–Crippen LogP) is 4.41. The van der Waals surface area contributed by atoms with Crippen molar-refractivity contribution in [1.82, 2.24) is 4.57 Å². The van der Waals surface area contributed by atoms with E-state index in [9.17, 15) is 9.59 Å². The van der Waals surface area contributed by atoms with Gasteiger partial charge in [-0.25, -0.2) is 4.79 Å². The molecule has 2 aromatic carbocycles. The average Bonchev–Trinajstić information content (AvgIpc) is 3.11. The second-order valence-electron chi connectivity index (χ2n) is 5.88. The Labute approximate surface area is 165 Å². The van der Waals surface area contributed by atoms with E-state index in [2.05, 4.69) is 15.9 Å². The number of ether oxygens (including phenoxy) is 2. The number of ketones is 1. The fraction of sp³-hybridized carbons (Fsp3) is 0.143. The highest BCUT2D eigenvalue weighted by Crippen LogP contribution is 2.23. The van der Waals surface area contributed by atoms with Crippen molar-refractivity contribution in [2.75, 3.05) is 6.61 Å². The summed E-state index contributed by atoms with van der Waals surface area (Å²) in [6.07, 6.45) is 1.76. The van der Waals surface area contributed by atoms with Gasteiger partial charge in [0.1, 0.15) is 17.9 Å². The van der Waals surface area contributed by atoms with Gasteiger partial charge in [-0.15, -0.1) is 0 Å². The summed E-state index contributed by atoms with van der Waals surface area (Å²) in [5, 5.41) is 0. The van der Waals surface area contributed by atoms with E-state index in [-0.39, 0.29) is 18.0 Å². The quantitative estimate of drug-likeness (QED) is 0.413. The first-order valence-electron chi connectivity index (χ1n) is 8.33. The average molecular weight is 428 g/mol. The van der Waals surface area contributed by atoms with E-state index in [0.29, 0.717) is 18.1 Å². The van der Waals surface area contributed by atoms with E-state index in [1.807, 2.05) is 24.3 Å². The van der Waals surface area contributed by atoms with E-state index in [1.54, 1.807) is 54.2 Å². The third-order valence-corrected chi connectivity index (χ3v) is 4.79. The summed E-state index contributed by atoms with van der Waals surface area (Å²) in [4.78, 5) is 24.6. The number of halogens is 1. The third-order valence-electron chi connectivity index (χ3n) is 4.01. The molecule has 27 heavy (non-hydrogen) atoms. The highest BCUT2D eigenvalue weighted by atomic mass is 79.9. The van der Waals surface area contributed by atoms with Crippen molar-refractivity contribution in [2.24, 2.45) is 7.05 Å². The van der Waals surface area contributed by atoms with Gasteiger partial charge in [0.05, 0.1) is 5.69 Å². The minimum atomic E-state index is -0.597. The summed E-state index contributed by atoms with van der Waals surface area (Å²) in [7, 11) is 1.76. The van der Waals surface area contributed by atoms with E-state index in [4.69, 9.17) is 9.47 Å². The van der Waals surface area contributed by atoms with Gasteiger partial charge >= 0.3 is 5.97 Å². The summed E-state index contributed by atoms with van der Waals surface area (Å²) < 4.78 is 13.6. The van der Waals surface area contributed by atoms with Crippen LogP contribution in [0, 0.1) is 0 Å². The zero-order valence-corrected chi connectivity index (χ0v) is 16.3. The van der Waals surface area contributed by atoms with Gasteiger partial charge in [-0.2, -0.15) is 0 Å².